The largest absolute Gasteiger partial charge is 0.497 e. The molecule has 162 valence electrons. The van der Waals surface area contributed by atoms with Crippen molar-refractivity contribution in [3.63, 3.8) is 0 Å². The molecule has 1 saturated heterocycles. The van der Waals surface area contributed by atoms with Gasteiger partial charge in [0, 0.05) is 17.8 Å². The van der Waals surface area contributed by atoms with Crippen molar-refractivity contribution >= 4 is 34.1 Å². The standard InChI is InChI=1S/C22H20N6O3S/c1-31-17-9-7-15(8-10-17)20-26-27-21(32-20)25-19(29)18-6-3-11-28(18)22(30)24-16-5-2-4-14(12-16)13-23/h2,4-5,7-10,12,18H,3,6,11H2,1H3,(H,24,30)(H,25,27,29). The number of amides is 3. The van der Waals surface area contributed by atoms with Crippen LogP contribution in [0, 0.1) is 11.3 Å². The average molecular weight is 449 g/mol. The van der Waals surface area contributed by atoms with E-state index < -0.39 is 6.04 Å². The SMILES string of the molecule is COc1ccc(-c2nnc(NC(=O)C3CCCN3C(=O)Nc3cccc(C#N)c3)s2)cc1. The first-order chi connectivity index (χ1) is 15.6. The molecule has 4 rings (SSSR count). The first-order valence-corrected chi connectivity index (χ1v) is 10.8. The molecule has 3 aromatic rings. The zero-order chi connectivity index (χ0) is 22.5. The Morgan fingerprint density at radius 3 is 2.75 bits per heavy atom. The van der Waals surface area contributed by atoms with Gasteiger partial charge in [0.05, 0.1) is 18.7 Å². The van der Waals surface area contributed by atoms with Crippen molar-refractivity contribution in [2.24, 2.45) is 0 Å². The van der Waals surface area contributed by atoms with Crippen molar-refractivity contribution in [1.82, 2.24) is 15.1 Å². The lowest BCUT2D eigenvalue weighted by Gasteiger charge is -2.23. The number of ether oxygens (including phenoxy) is 1. The number of nitriles is 1. The average Bonchev–Trinajstić information content (AvgIpc) is 3.49. The van der Waals surface area contributed by atoms with Crippen molar-refractivity contribution in [3.05, 3.63) is 54.1 Å². The van der Waals surface area contributed by atoms with Crippen LogP contribution in [0.1, 0.15) is 18.4 Å². The van der Waals surface area contributed by atoms with Crippen molar-refractivity contribution in [1.29, 1.82) is 5.26 Å². The molecule has 1 fully saturated rings. The third-order valence-electron chi connectivity index (χ3n) is 5.05. The molecule has 2 N–H and O–H groups in total. The molecule has 1 atom stereocenters. The minimum atomic E-state index is -0.609. The van der Waals surface area contributed by atoms with Crippen LogP contribution in [-0.4, -0.2) is 46.7 Å². The Bertz CT molecular complexity index is 1170. The second-order valence-corrected chi connectivity index (χ2v) is 8.08. The summed E-state index contributed by atoms with van der Waals surface area (Å²) in [4.78, 5) is 27.1. The van der Waals surface area contributed by atoms with Crippen LogP contribution in [0.4, 0.5) is 15.6 Å². The molecule has 0 spiro atoms. The van der Waals surface area contributed by atoms with E-state index in [4.69, 9.17) is 10.00 Å². The molecule has 1 unspecified atom stereocenters. The second kappa shape index (κ2) is 9.45. The van der Waals surface area contributed by atoms with Gasteiger partial charge in [0.15, 0.2) is 0 Å². The molecule has 2 heterocycles. The van der Waals surface area contributed by atoms with Gasteiger partial charge in [-0.25, -0.2) is 4.79 Å². The second-order valence-electron chi connectivity index (χ2n) is 7.10. The Morgan fingerprint density at radius 1 is 1.19 bits per heavy atom. The number of carbonyl (C=O) groups excluding carboxylic acids is 2. The Kier molecular flexibility index (Phi) is 6.28. The molecule has 0 aliphatic carbocycles. The maximum absolute atomic E-state index is 12.9. The fourth-order valence-corrected chi connectivity index (χ4v) is 4.21. The maximum atomic E-state index is 12.9. The number of rotatable bonds is 5. The quantitative estimate of drug-likeness (QED) is 0.614. The number of anilines is 2. The van der Waals surface area contributed by atoms with Crippen LogP contribution in [0.5, 0.6) is 5.75 Å². The summed E-state index contributed by atoms with van der Waals surface area (Å²) in [5, 5.41) is 23.8. The Hall–Kier alpha value is -3.97. The molecule has 1 aromatic heterocycles. The molecule has 0 saturated carbocycles. The highest BCUT2D eigenvalue weighted by Gasteiger charge is 2.34. The topological polar surface area (TPSA) is 120 Å². The van der Waals surface area contributed by atoms with Crippen LogP contribution in [0.2, 0.25) is 0 Å². The van der Waals surface area contributed by atoms with Crippen LogP contribution in [-0.2, 0) is 4.79 Å². The van der Waals surface area contributed by atoms with Crippen molar-refractivity contribution < 1.29 is 14.3 Å². The van der Waals surface area contributed by atoms with Crippen molar-refractivity contribution in [3.8, 4) is 22.4 Å². The Morgan fingerprint density at radius 2 is 2.00 bits per heavy atom. The number of carbonyl (C=O) groups is 2. The lowest BCUT2D eigenvalue weighted by molar-refractivity contribution is -0.119. The van der Waals surface area contributed by atoms with Gasteiger partial charge in [0.2, 0.25) is 11.0 Å². The van der Waals surface area contributed by atoms with Gasteiger partial charge in [-0.05, 0) is 55.3 Å². The van der Waals surface area contributed by atoms with Crippen LogP contribution in [0.3, 0.4) is 0 Å². The van der Waals surface area contributed by atoms with Crippen LogP contribution < -0.4 is 15.4 Å². The van der Waals surface area contributed by atoms with E-state index in [1.54, 1.807) is 31.4 Å². The molecule has 0 bridgehead atoms. The van der Waals surface area contributed by atoms with Gasteiger partial charge in [-0.2, -0.15) is 5.26 Å². The smallest absolute Gasteiger partial charge is 0.322 e. The normalized spacial score (nSPS) is 15.1. The number of likely N-dealkylation sites (tertiary alicyclic amines) is 1. The summed E-state index contributed by atoms with van der Waals surface area (Å²) in [5.74, 6) is 0.437. The first kappa shape index (κ1) is 21.3. The number of methoxy groups -OCH3 is 1. The number of hydrogen-bond acceptors (Lipinski definition) is 7. The van der Waals surface area contributed by atoms with Crippen LogP contribution >= 0.6 is 11.3 Å². The predicted molar refractivity (Wildman–Crippen MR) is 120 cm³/mol. The molecule has 2 aromatic carbocycles. The zero-order valence-corrected chi connectivity index (χ0v) is 18.1. The third kappa shape index (κ3) is 4.68. The highest BCUT2D eigenvalue weighted by Crippen LogP contribution is 2.28. The van der Waals surface area contributed by atoms with Crippen LogP contribution in [0.25, 0.3) is 10.6 Å². The number of hydrogen-bond donors (Lipinski definition) is 2. The van der Waals surface area contributed by atoms with E-state index in [1.165, 1.54) is 16.2 Å². The molecular weight excluding hydrogens is 428 g/mol. The van der Waals surface area contributed by atoms with E-state index in [-0.39, 0.29) is 11.9 Å². The number of nitrogens with zero attached hydrogens (tertiary/aromatic N) is 4. The van der Waals surface area contributed by atoms with E-state index in [0.717, 1.165) is 17.7 Å². The minimum Gasteiger partial charge on any atom is -0.497 e. The van der Waals surface area contributed by atoms with Gasteiger partial charge in [0.25, 0.3) is 0 Å². The van der Waals surface area contributed by atoms with Crippen molar-refractivity contribution in [2.75, 3.05) is 24.3 Å². The molecular formula is C22H20N6O3S. The Labute approximate surface area is 188 Å². The van der Waals surface area contributed by atoms with Gasteiger partial charge in [-0.3, -0.25) is 10.1 Å². The fraction of sp³-hybridized carbons (Fsp3) is 0.227. The van der Waals surface area contributed by atoms with Gasteiger partial charge >= 0.3 is 6.03 Å². The Balaban J connectivity index is 1.40. The molecule has 1 aliphatic rings. The van der Waals surface area contributed by atoms with E-state index in [9.17, 15) is 9.59 Å². The summed E-state index contributed by atoms with van der Waals surface area (Å²) >= 11 is 1.26. The highest BCUT2D eigenvalue weighted by atomic mass is 32.1. The summed E-state index contributed by atoms with van der Waals surface area (Å²) in [7, 11) is 1.60. The molecule has 3 amide bonds. The lowest BCUT2D eigenvalue weighted by atomic mass is 10.2. The molecule has 1 aliphatic heterocycles. The maximum Gasteiger partial charge on any atom is 0.322 e. The molecule has 10 heteroatoms. The van der Waals surface area contributed by atoms with Gasteiger partial charge in [0.1, 0.15) is 16.8 Å². The summed E-state index contributed by atoms with van der Waals surface area (Å²) < 4.78 is 5.16. The monoisotopic (exact) mass is 448 g/mol. The summed E-state index contributed by atoms with van der Waals surface area (Å²) in [6.07, 6.45) is 1.28. The van der Waals surface area contributed by atoms with Crippen LogP contribution in [0.15, 0.2) is 48.5 Å². The molecule has 32 heavy (non-hydrogen) atoms. The van der Waals surface area contributed by atoms with Gasteiger partial charge in [-0.1, -0.05) is 17.4 Å². The molecule has 0 radical (unpaired) electrons. The number of nitrogens with one attached hydrogen (secondary N) is 2. The number of aromatic nitrogens is 2. The van der Waals surface area contributed by atoms with Gasteiger partial charge in [-0.15, -0.1) is 10.2 Å². The third-order valence-corrected chi connectivity index (χ3v) is 5.94. The number of urea groups is 1. The van der Waals surface area contributed by atoms with E-state index in [1.807, 2.05) is 30.3 Å². The summed E-state index contributed by atoms with van der Waals surface area (Å²) in [5.41, 5.74) is 1.82. The van der Waals surface area contributed by atoms with E-state index >= 15 is 0 Å². The lowest BCUT2D eigenvalue weighted by Crippen LogP contribution is -2.45. The first-order valence-electron chi connectivity index (χ1n) is 9.94. The summed E-state index contributed by atoms with van der Waals surface area (Å²) in [6.45, 7) is 0.467. The summed E-state index contributed by atoms with van der Waals surface area (Å²) in [6, 6.07) is 15.1. The predicted octanol–water partition coefficient (Wildman–Crippen LogP) is 3.72. The fourth-order valence-electron chi connectivity index (χ4n) is 3.46. The zero-order valence-electron chi connectivity index (χ0n) is 17.2. The minimum absolute atomic E-state index is 0.305. The van der Waals surface area contributed by atoms with Gasteiger partial charge < -0.3 is 15.0 Å². The van der Waals surface area contributed by atoms with Crippen molar-refractivity contribution in [2.45, 2.75) is 18.9 Å². The van der Waals surface area contributed by atoms with E-state index in [0.29, 0.717) is 34.4 Å². The van der Waals surface area contributed by atoms with E-state index in [2.05, 4.69) is 20.8 Å². The number of benzene rings is 2. The molecule has 9 nitrogen and oxygen atoms in total. The highest BCUT2D eigenvalue weighted by molar-refractivity contribution is 7.18.